The van der Waals surface area contributed by atoms with Gasteiger partial charge in [-0.25, -0.2) is 0 Å². The number of carbonyl (C=O) groups excluding carboxylic acids is 1. The number of benzene rings is 4. The fourth-order valence-corrected chi connectivity index (χ4v) is 5.25. The summed E-state index contributed by atoms with van der Waals surface area (Å²) >= 11 is 12.2. The Bertz CT molecular complexity index is 1700. The van der Waals surface area contributed by atoms with Crippen LogP contribution in [0.2, 0.25) is 10.0 Å². The molecule has 1 amide bonds. The molecule has 0 saturated heterocycles. The standard InChI is InChI=1S/C25H19Cl2N3O6S.Na/c1-13-19(11-10-18(27)24(13)37(33,34)35)29-30-21-15-7-4-3-6-14(15)12-16(23(21)31)25(32)28-22-17(26)8-5-9-20(22)36-2;/h3-12,31H,1-2H3,(H,28,32)(H,33,34,35);/q;+1/p-1. The molecule has 38 heavy (non-hydrogen) atoms. The first kappa shape index (κ1) is 29.9. The van der Waals surface area contributed by atoms with E-state index in [1.165, 1.54) is 32.2 Å². The minimum Gasteiger partial charge on any atom is -0.870 e. The van der Waals surface area contributed by atoms with Gasteiger partial charge in [-0.1, -0.05) is 59.3 Å². The van der Waals surface area contributed by atoms with E-state index in [-0.39, 0.29) is 67.8 Å². The van der Waals surface area contributed by atoms with Gasteiger partial charge in [0.15, 0.2) is 0 Å². The second kappa shape index (κ2) is 12.0. The molecule has 4 rings (SSSR count). The molecule has 0 aliphatic rings. The normalized spacial score (nSPS) is 11.4. The summed E-state index contributed by atoms with van der Waals surface area (Å²) in [5.74, 6) is -1.15. The molecule has 0 radical (unpaired) electrons. The molecule has 0 fully saturated rings. The fraction of sp³-hybridized carbons (Fsp3) is 0.0800. The summed E-state index contributed by atoms with van der Waals surface area (Å²) in [5, 5.41) is 25.1. The van der Waals surface area contributed by atoms with E-state index in [1.54, 1.807) is 42.5 Å². The number of azo groups is 1. The number of halogens is 2. The zero-order valence-electron chi connectivity index (χ0n) is 20.3. The van der Waals surface area contributed by atoms with Gasteiger partial charge in [-0.2, -0.15) is 18.6 Å². The van der Waals surface area contributed by atoms with Crippen LogP contribution in [0.1, 0.15) is 15.9 Å². The maximum absolute atomic E-state index is 13.4. The number of para-hydroxylation sites is 1. The topological polar surface area (TPSA) is 140 Å². The number of hydrogen-bond donors (Lipinski definition) is 2. The van der Waals surface area contributed by atoms with Gasteiger partial charge in [0.05, 0.1) is 28.5 Å². The molecule has 190 valence electrons. The van der Waals surface area contributed by atoms with Crippen LogP contribution in [-0.4, -0.2) is 26.0 Å². The molecule has 0 spiro atoms. The number of rotatable bonds is 6. The molecule has 2 N–H and O–H groups in total. The molecular formula is C25H18Cl2N3NaO6S. The molecule has 0 aromatic heterocycles. The molecule has 4 aromatic carbocycles. The van der Waals surface area contributed by atoms with Crippen LogP contribution in [0.5, 0.6) is 11.5 Å². The maximum Gasteiger partial charge on any atom is 1.00 e. The third-order valence-corrected chi connectivity index (χ3v) is 7.28. The first-order valence-electron chi connectivity index (χ1n) is 10.6. The van der Waals surface area contributed by atoms with Crippen molar-refractivity contribution in [1.82, 2.24) is 0 Å². The average molecular weight is 582 g/mol. The number of nitrogens with one attached hydrogen (secondary N) is 1. The van der Waals surface area contributed by atoms with E-state index >= 15 is 0 Å². The van der Waals surface area contributed by atoms with E-state index < -0.39 is 26.7 Å². The molecule has 4 aromatic rings. The van der Waals surface area contributed by atoms with Crippen molar-refractivity contribution in [3.8, 4) is 11.5 Å². The van der Waals surface area contributed by atoms with Crippen molar-refractivity contribution in [1.29, 1.82) is 0 Å². The minimum absolute atomic E-state index is 0. The predicted molar refractivity (Wildman–Crippen MR) is 140 cm³/mol. The van der Waals surface area contributed by atoms with Crippen LogP contribution in [0.15, 0.2) is 75.8 Å². The number of anilines is 1. The van der Waals surface area contributed by atoms with E-state index in [4.69, 9.17) is 27.9 Å². The summed E-state index contributed by atoms with van der Waals surface area (Å²) in [7, 11) is -3.22. The minimum atomic E-state index is -4.64. The number of methoxy groups -OCH3 is 1. The van der Waals surface area contributed by atoms with Crippen molar-refractivity contribution >= 4 is 67.1 Å². The number of ether oxygens (including phenoxy) is 1. The van der Waals surface area contributed by atoms with Crippen molar-refractivity contribution in [3.05, 3.63) is 81.8 Å². The Kier molecular flexibility index (Phi) is 9.43. The van der Waals surface area contributed by atoms with Gasteiger partial charge in [0.2, 0.25) is 0 Å². The molecule has 9 nitrogen and oxygen atoms in total. The quantitative estimate of drug-likeness (QED) is 0.203. The summed E-state index contributed by atoms with van der Waals surface area (Å²) < 4.78 is 38.3. The van der Waals surface area contributed by atoms with Gasteiger partial charge in [-0.15, -0.1) is 0 Å². The summed E-state index contributed by atoms with van der Waals surface area (Å²) in [6.07, 6.45) is 0. The summed E-state index contributed by atoms with van der Waals surface area (Å²) in [6.45, 7) is 1.39. The van der Waals surface area contributed by atoms with Crippen molar-refractivity contribution in [2.75, 3.05) is 12.4 Å². The van der Waals surface area contributed by atoms with E-state index in [1.807, 2.05) is 0 Å². The van der Waals surface area contributed by atoms with Gasteiger partial charge in [-0.05, 0) is 48.2 Å². The zero-order valence-corrected chi connectivity index (χ0v) is 24.6. The maximum atomic E-state index is 13.4. The van der Waals surface area contributed by atoms with Gasteiger partial charge in [0.25, 0.3) is 16.0 Å². The van der Waals surface area contributed by atoms with Crippen LogP contribution in [-0.2, 0) is 10.1 Å². The zero-order chi connectivity index (χ0) is 26.9. The van der Waals surface area contributed by atoms with Crippen LogP contribution < -0.4 is 44.7 Å². The number of amides is 1. The molecule has 0 atom stereocenters. The monoisotopic (exact) mass is 581 g/mol. The number of carbonyl (C=O) groups is 1. The summed E-state index contributed by atoms with van der Waals surface area (Å²) in [5.41, 5.74) is -0.0773. The Balaban J connectivity index is 0.00000400. The van der Waals surface area contributed by atoms with Crippen molar-refractivity contribution in [3.63, 3.8) is 0 Å². The van der Waals surface area contributed by atoms with Crippen molar-refractivity contribution in [2.45, 2.75) is 11.8 Å². The molecular weight excluding hydrogens is 564 g/mol. The van der Waals surface area contributed by atoms with Crippen LogP contribution in [0, 0.1) is 6.92 Å². The number of hydrogen-bond acceptors (Lipinski definition) is 7. The summed E-state index contributed by atoms with van der Waals surface area (Å²) in [6, 6.07) is 15.6. The molecule has 0 aliphatic carbocycles. The number of fused-ring (bicyclic) bond motifs is 1. The van der Waals surface area contributed by atoms with Gasteiger partial charge < -0.3 is 15.2 Å². The largest absolute Gasteiger partial charge is 1.00 e. The second-order valence-electron chi connectivity index (χ2n) is 7.79. The van der Waals surface area contributed by atoms with Crippen LogP contribution >= 0.6 is 23.2 Å². The molecule has 0 heterocycles. The van der Waals surface area contributed by atoms with Crippen LogP contribution in [0.25, 0.3) is 10.8 Å². The van der Waals surface area contributed by atoms with Crippen molar-refractivity contribution in [2.24, 2.45) is 10.2 Å². The van der Waals surface area contributed by atoms with Gasteiger partial charge in [0, 0.05) is 10.9 Å². The Labute approximate surface area is 250 Å². The smallest absolute Gasteiger partial charge is 0.870 e. The van der Waals surface area contributed by atoms with Gasteiger partial charge in [-0.3, -0.25) is 9.35 Å². The first-order valence-corrected chi connectivity index (χ1v) is 12.8. The Morgan fingerprint density at radius 3 is 2.42 bits per heavy atom. The van der Waals surface area contributed by atoms with E-state index in [2.05, 4.69) is 15.5 Å². The molecule has 0 aliphatic heterocycles. The molecule has 0 bridgehead atoms. The van der Waals surface area contributed by atoms with E-state index in [9.17, 15) is 22.9 Å². The molecule has 0 unspecified atom stereocenters. The van der Waals surface area contributed by atoms with Gasteiger partial charge in [0.1, 0.15) is 16.3 Å². The summed E-state index contributed by atoms with van der Waals surface area (Å²) in [4.78, 5) is 12.7. The van der Waals surface area contributed by atoms with Crippen molar-refractivity contribution < 1.29 is 57.2 Å². The Morgan fingerprint density at radius 1 is 1.03 bits per heavy atom. The average Bonchev–Trinajstić information content (AvgIpc) is 2.84. The van der Waals surface area contributed by atoms with Crippen LogP contribution in [0.3, 0.4) is 0 Å². The third kappa shape index (κ3) is 5.97. The first-order chi connectivity index (χ1) is 17.5. The van der Waals surface area contributed by atoms with E-state index in [0.29, 0.717) is 16.5 Å². The molecule has 13 heteroatoms. The SMILES string of the molecule is COc1cccc(Cl)c1NC(=O)c1cc2ccccc2c(N=Nc2ccc(Cl)c(S(=O)(=O)O)c2C)c1[O-].[Na+]. The Hall–Kier alpha value is -2.70. The Morgan fingerprint density at radius 2 is 1.74 bits per heavy atom. The second-order valence-corrected chi connectivity index (χ2v) is 9.96. The predicted octanol–water partition coefficient (Wildman–Crippen LogP) is 3.46. The molecule has 0 saturated carbocycles. The number of nitrogens with zero attached hydrogens (tertiary/aromatic N) is 2. The third-order valence-electron chi connectivity index (χ3n) is 5.50. The van der Waals surface area contributed by atoms with Gasteiger partial charge >= 0.3 is 29.6 Å². The van der Waals surface area contributed by atoms with Crippen LogP contribution in [0.4, 0.5) is 17.1 Å². The fourth-order valence-electron chi connectivity index (χ4n) is 3.73. The van der Waals surface area contributed by atoms with E-state index in [0.717, 1.165) is 0 Å².